The average molecular weight is 264 g/mol. The van der Waals surface area contributed by atoms with Gasteiger partial charge < -0.3 is 5.73 Å². The van der Waals surface area contributed by atoms with Crippen LogP contribution in [0.25, 0.3) is 0 Å². The fraction of sp³-hybridized carbons (Fsp3) is 0.167. The summed E-state index contributed by atoms with van der Waals surface area (Å²) in [4.78, 5) is 0.977. The molecule has 0 bridgehead atoms. The molecule has 3 N–H and O–H groups in total. The molecule has 0 aliphatic carbocycles. The van der Waals surface area contributed by atoms with E-state index in [1.165, 1.54) is 17.8 Å². The van der Waals surface area contributed by atoms with Gasteiger partial charge in [-0.3, -0.25) is 10.1 Å². The number of aryl methyl sites for hydroxylation is 1. The van der Waals surface area contributed by atoms with Gasteiger partial charge >= 0.3 is 0 Å². The summed E-state index contributed by atoms with van der Waals surface area (Å²) < 4.78 is 15.7. The second kappa shape index (κ2) is 5.22. The number of amidine groups is 1. The number of nitrogen functional groups attached to an aromatic ring is 1. The van der Waals surface area contributed by atoms with E-state index in [2.05, 4.69) is 5.10 Å². The van der Waals surface area contributed by atoms with Gasteiger partial charge in [0, 0.05) is 23.9 Å². The minimum absolute atomic E-state index is 0.152. The van der Waals surface area contributed by atoms with Crippen LogP contribution >= 0.6 is 11.8 Å². The highest BCUT2D eigenvalue weighted by Gasteiger charge is 2.10. The van der Waals surface area contributed by atoms with E-state index in [4.69, 9.17) is 11.1 Å². The van der Waals surface area contributed by atoms with Crippen LogP contribution in [0.4, 0.5) is 4.39 Å². The Kier molecular flexibility index (Phi) is 3.66. The van der Waals surface area contributed by atoms with Crippen molar-refractivity contribution in [3.8, 4) is 0 Å². The third-order valence-corrected chi connectivity index (χ3v) is 3.44. The van der Waals surface area contributed by atoms with E-state index < -0.39 is 5.82 Å². The van der Waals surface area contributed by atoms with Gasteiger partial charge in [0.2, 0.25) is 0 Å². The van der Waals surface area contributed by atoms with E-state index in [1.54, 1.807) is 23.0 Å². The Morgan fingerprint density at radius 2 is 2.33 bits per heavy atom. The van der Waals surface area contributed by atoms with E-state index in [0.717, 1.165) is 4.90 Å². The number of aromatic nitrogens is 2. The molecule has 94 valence electrons. The SMILES string of the molecule is Cn1cc(SCc2cccc(C(=N)N)c2F)cn1. The van der Waals surface area contributed by atoms with Gasteiger partial charge in [-0.05, 0) is 11.6 Å². The Bertz CT molecular complexity index is 579. The molecular weight excluding hydrogens is 251 g/mol. The predicted octanol–water partition coefficient (Wildman–Crippen LogP) is 2.14. The first-order valence-electron chi connectivity index (χ1n) is 5.31. The second-order valence-corrected chi connectivity index (χ2v) is 4.88. The number of benzene rings is 1. The third kappa shape index (κ3) is 2.70. The highest BCUT2D eigenvalue weighted by molar-refractivity contribution is 7.98. The summed E-state index contributed by atoms with van der Waals surface area (Å²) >= 11 is 1.49. The van der Waals surface area contributed by atoms with E-state index in [0.29, 0.717) is 11.3 Å². The Labute approximate surface area is 109 Å². The van der Waals surface area contributed by atoms with Gasteiger partial charge in [-0.15, -0.1) is 11.8 Å². The maximum absolute atomic E-state index is 14.0. The number of halogens is 1. The molecular formula is C12H13FN4S. The third-order valence-electron chi connectivity index (χ3n) is 2.44. The number of hydrogen-bond donors (Lipinski definition) is 2. The summed E-state index contributed by atoms with van der Waals surface area (Å²) in [7, 11) is 1.83. The van der Waals surface area contributed by atoms with Gasteiger partial charge in [-0.1, -0.05) is 12.1 Å². The van der Waals surface area contributed by atoms with Crippen molar-refractivity contribution in [2.24, 2.45) is 12.8 Å². The van der Waals surface area contributed by atoms with Crippen LogP contribution in [-0.2, 0) is 12.8 Å². The Morgan fingerprint density at radius 3 is 2.94 bits per heavy atom. The van der Waals surface area contributed by atoms with Gasteiger partial charge in [0.1, 0.15) is 11.7 Å². The van der Waals surface area contributed by atoms with E-state index in [9.17, 15) is 4.39 Å². The molecule has 1 heterocycles. The van der Waals surface area contributed by atoms with Crippen LogP contribution in [0.5, 0.6) is 0 Å². The average Bonchev–Trinajstić information content (AvgIpc) is 2.73. The molecule has 18 heavy (non-hydrogen) atoms. The highest BCUT2D eigenvalue weighted by atomic mass is 32.2. The van der Waals surface area contributed by atoms with Crippen molar-refractivity contribution >= 4 is 17.6 Å². The molecule has 4 nitrogen and oxygen atoms in total. The molecule has 0 fully saturated rings. The zero-order valence-electron chi connectivity index (χ0n) is 9.85. The number of rotatable bonds is 4. The fourth-order valence-corrected chi connectivity index (χ4v) is 2.43. The predicted molar refractivity (Wildman–Crippen MR) is 70.2 cm³/mol. The van der Waals surface area contributed by atoms with Crippen molar-refractivity contribution in [1.82, 2.24) is 9.78 Å². The van der Waals surface area contributed by atoms with E-state index in [1.807, 2.05) is 13.2 Å². The maximum Gasteiger partial charge on any atom is 0.138 e. The van der Waals surface area contributed by atoms with Crippen LogP contribution in [0.15, 0.2) is 35.5 Å². The van der Waals surface area contributed by atoms with Gasteiger partial charge in [-0.25, -0.2) is 4.39 Å². The van der Waals surface area contributed by atoms with Gasteiger partial charge in [0.15, 0.2) is 0 Å². The molecule has 6 heteroatoms. The van der Waals surface area contributed by atoms with Gasteiger partial charge in [-0.2, -0.15) is 5.10 Å². The van der Waals surface area contributed by atoms with Crippen molar-refractivity contribution in [3.63, 3.8) is 0 Å². The molecule has 0 unspecified atom stereocenters. The molecule has 0 saturated heterocycles. The van der Waals surface area contributed by atoms with Crippen LogP contribution in [0.1, 0.15) is 11.1 Å². The number of nitrogens with one attached hydrogen (secondary N) is 1. The second-order valence-electron chi connectivity index (χ2n) is 3.83. The number of hydrogen-bond acceptors (Lipinski definition) is 3. The lowest BCUT2D eigenvalue weighted by Crippen LogP contribution is -2.14. The first-order chi connectivity index (χ1) is 8.58. The number of nitrogens with zero attached hydrogens (tertiary/aromatic N) is 2. The lowest BCUT2D eigenvalue weighted by Gasteiger charge is -2.06. The van der Waals surface area contributed by atoms with Crippen LogP contribution < -0.4 is 5.73 Å². The Hall–Kier alpha value is -1.82. The number of thioether (sulfide) groups is 1. The summed E-state index contributed by atoms with van der Waals surface area (Å²) in [6.07, 6.45) is 3.61. The molecule has 0 aliphatic rings. The maximum atomic E-state index is 14.0. The van der Waals surface area contributed by atoms with Crippen LogP contribution in [0.2, 0.25) is 0 Å². The number of nitrogens with two attached hydrogens (primary N) is 1. The topological polar surface area (TPSA) is 67.7 Å². The lowest BCUT2D eigenvalue weighted by molar-refractivity contribution is 0.614. The van der Waals surface area contributed by atoms with Crippen molar-refractivity contribution in [3.05, 3.63) is 47.5 Å². The molecule has 0 aliphatic heterocycles. The summed E-state index contributed by atoms with van der Waals surface area (Å²) in [6, 6.07) is 4.92. The molecule has 0 radical (unpaired) electrons. The molecule has 1 aromatic heterocycles. The molecule has 0 amide bonds. The molecule has 1 aromatic carbocycles. The molecule has 0 atom stereocenters. The van der Waals surface area contributed by atoms with E-state index in [-0.39, 0.29) is 11.4 Å². The van der Waals surface area contributed by atoms with Gasteiger partial charge in [0.05, 0.1) is 11.8 Å². The molecule has 2 aromatic rings. The monoisotopic (exact) mass is 264 g/mol. The standard InChI is InChI=1S/C12H13FN4S/c1-17-6-9(5-16-17)18-7-8-3-2-4-10(11(8)13)12(14)15/h2-6H,7H2,1H3,(H3,14,15). The summed E-state index contributed by atoms with van der Waals surface area (Å²) in [6.45, 7) is 0. The highest BCUT2D eigenvalue weighted by Crippen LogP contribution is 2.24. The zero-order valence-corrected chi connectivity index (χ0v) is 10.7. The minimum Gasteiger partial charge on any atom is -0.384 e. The smallest absolute Gasteiger partial charge is 0.138 e. The summed E-state index contributed by atoms with van der Waals surface area (Å²) in [5.41, 5.74) is 6.01. The van der Waals surface area contributed by atoms with Crippen LogP contribution in [-0.4, -0.2) is 15.6 Å². The van der Waals surface area contributed by atoms with Crippen LogP contribution in [0, 0.1) is 11.2 Å². The molecule has 0 saturated carbocycles. The molecule has 0 spiro atoms. The van der Waals surface area contributed by atoms with Crippen molar-refractivity contribution in [2.75, 3.05) is 0 Å². The quantitative estimate of drug-likeness (QED) is 0.505. The van der Waals surface area contributed by atoms with E-state index >= 15 is 0 Å². The summed E-state index contributed by atoms with van der Waals surface area (Å²) in [5.74, 6) is -0.180. The van der Waals surface area contributed by atoms with Crippen molar-refractivity contribution in [1.29, 1.82) is 5.41 Å². The first-order valence-corrected chi connectivity index (χ1v) is 6.29. The van der Waals surface area contributed by atoms with Crippen molar-refractivity contribution < 1.29 is 4.39 Å². The first kappa shape index (κ1) is 12.6. The van der Waals surface area contributed by atoms with Crippen LogP contribution in [0.3, 0.4) is 0 Å². The largest absolute Gasteiger partial charge is 0.384 e. The minimum atomic E-state index is -0.415. The summed E-state index contributed by atoms with van der Waals surface area (Å²) in [5, 5.41) is 11.3. The fourth-order valence-electron chi connectivity index (χ4n) is 1.53. The lowest BCUT2D eigenvalue weighted by atomic mass is 10.1. The molecule has 2 rings (SSSR count). The Morgan fingerprint density at radius 1 is 1.56 bits per heavy atom. The Balaban J connectivity index is 2.14. The zero-order chi connectivity index (χ0) is 13.1. The van der Waals surface area contributed by atoms with Gasteiger partial charge in [0.25, 0.3) is 0 Å². The van der Waals surface area contributed by atoms with Crippen molar-refractivity contribution in [2.45, 2.75) is 10.6 Å². The normalized spacial score (nSPS) is 10.6.